The van der Waals surface area contributed by atoms with Gasteiger partial charge in [-0.05, 0) is 26.7 Å². The predicted molar refractivity (Wildman–Crippen MR) is 263 cm³/mol. The van der Waals surface area contributed by atoms with Gasteiger partial charge < -0.3 is 9.47 Å². The van der Waals surface area contributed by atoms with Crippen LogP contribution in [0.15, 0.2) is 0 Å². The van der Waals surface area contributed by atoms with Crippen molar-refractivity contribution in [3.05, 3.63) is 0 Å². The molecule has 0 radical (unpaired) electrons. The van der Waals surface area contributed by atoms with Crippen molar-refractivity contribution < 1.29 is 19.1 Å². The molecule has 2 unspecified atom stereocenters. The summed E-state index contributed by atoms with van der Waals surface area (Å²) in [6.07, 6.45) is 60.3. The summed E-state index contributed by atoms with van der Waals surface area (Å²) in [6, 6.07) is 0. The first-order valence-corrected chi connectivity index (χ1v) is 28.0. The van der Waals surface area contributed by atoms with Gasteiger partial charge in [0.1, 0.15) is 10.5 Å². The molecule has 0 saturated carbocycles. The highest BCUT2D eigenvalue weighted by Gasteiger charge is 2.23. The number of thioether (sulfide) groups is 1. The van der Waals surface area contributed by atoms with Crippen LogP contribution < -0.4 is 0 Å². The number of carbonyl (C=O) groups excluding carboxylic acids is 2. The Morgan fingerprint density at radius 3 is 0.610 bits per heavy atom. The minimum Gasteiger partial charge on any atom is -0.465 e. The molecule has 0 aromatic rings. The molecule has 0 aromatic heterocycles. The summed E-state index contributed by atoms with van der Waals surface area (Å²) in [7, 11) is 0. The minimum atomic E-state index is -0.355. The topological polar surface area (TPSA) is 52.6 Å². The molecule has 0 aliphatic heterocycles. The van der Waals surface area contributed by atoms with E-state index >= 15 is 0 Å². The van der Waals surface area contributed by atoms with Gasteiger partial charge in [0.25, 0.3) is 0 Å². The largest absolute Gasteiger partial charge is 0.465 e. The van der Waals surface area contributed by atoms with Crippen LogP contribution in [0.5, 0.6) is 0 Å². The molecular formula is C54H106O4S. The van der Waals surface area contributed by atoms with E-state index < -0.39 is 0 Å². The quantitative estimate of drug-likeness (QED) is 0.0451. The number of hydrogen-bond donors (Lipinski definition) is 0. The second-order valence-corrected chi connectivity index (χ2v) is 20.3. The number of ether oxygens (including phenoxy) is 2. The fourth-order valence-corrected chi connectivity index (χ4v) is 9.39. The van der Waals surface area contributed by atoms with Crippen LogP contribution in [0, 0.1) is 0 Å². The van der Waals surface area contributed by atoms with Crippen molar-refractivity contribution >= 4 is 23.7 Å². The zero-order chi connectivity index (χ0) is 43.0. The molecule has 0 saturated heterocycles. The van der Waals surface area contributed by atoms with Crippen molar-refractivity contribution in [1.29, 1.82) is 0 Å². The second kappa shape index (κ2) is 49.9. The normalized spacial score (nSPS) is 12.5. The monoisotopic (exact) mass is 851 g/mol. The van der Waals surface area contributed by atoms with Crippen LogP contribution >= 0.6 is 11.8 Å². The van der Waals surface area contributed by atoms with Gasteiger partial charge >= 0.3 is 11.9 Å². The molecule has 2 atom stereocenters. The average Bonchev–Trinajstić information content (AvgIpc) is 3.23. The zero-order valence-corrected chi connectivity index (χ0v) is 41.5. The SMILES string of the molecule is CCCCCCCCCCCCCCCCCCCCCCCCOC(=O)C(C)SC(C)C(=O)OCCCCCCCCCCCCCCCCCCCCCCCC. The molecule has 0 aliphatic rings. The van der Waals surface area contributed by atoms with E-state index in [1.165, 1.54) is 269 Å². The summed E-state index contributed by atoms with van der Waals surface area (Å²) in [6.45, 7) is 9.25. The molecule has 0 aliphatic carbocycles. The summed E-state index contributed by atoms with van der Waals surface area (Å²) in [5.41, 5.74) is 0. The van der Waals surface area contributed by atoms with Gasteiger partial charge in [-0.3, -0.25) is 9.59 Å². The third-order valence-corrected chi connectivity index (χ3v) is 13.8. The Kier molecular flexibility index (Phi) is 49.3. The van der Waals surface area contributed by atoms with E-state index in [4.69, 9.17) is 9.47 Å². The van der Waals surface area contributed by atoms with E-state index in [1.54, 1.807) is 0 Å². The van der Waals surface area contributed by atoms with Crippen molar-refractivity contribution in [2.24, 2.45) is 0 Å². The number of unbranched alkanes of at least 4 members (excludes halogenated alkanes) is 42. The molecular weight excluding hydrogens is 745 g/mol. The Labute approximate surface area is 375 Å². The third-order valence-electron chi connectivity index (χ3n) is 12.6. The molecule has 5 heteroatoms. The van der Waals surface area contributed by atoms with Gasteiger partial charge in [-0.1, -0.05) is 284 Å². The van der Waals surface area contributed by atoms with E-state index in [-0.39, 0.29) is 22.4 Å². The third kappa shape index (κ3) is 46.6. The van der Waals surface area contributed by atoms with E-state index in [9.17, 15) is 9.59 Å². The summed E-state index contributed by atoms with van der Waals surface area (Å²) in [5.74, 6) is -0.421. The predicted octanol–water partition coefficient (Wildman–Crippen LogP) is 18.8. The van der Waals surface area contributed by atoms with Gasteiger partial charge in [0.05, 0.1) is 13.2 Å². The van der Waals surface area contributed by atoms with Gasteiger partial charge in [-0.15, -0.1) is 11.8 Å². The summed E-state index contributed by atoms with van der Waals surface area (Å²) in [4.78, 5) is 25.0. The lowest BCUT2D eigenvalue weighted by Crippen LogP contribution is -2.25. The van der Waals surface area contributed by atoms with Crippen molar-refractivity contribution in [3.8, 4) is 0 Å². The van der Waals surface area contributed by atoms with Crippen LogP contribution in [0.25, 0.3) is 0 Å². The molecule has 0 rings (SSSR count). The lowest BCUT2D eigenvalue weighted by atomic mass is 10.0. The average molecular weight is 852 g/mol. The van der Waals surface area contributed by atoms with E-state index in [1.807, 2.05) is 13.8 Å². The van der Waals surface area contributed by atoms with Crippen molar-refractivity contribution in [3.63, 3.8) is 0 Å². The van der Waals surface area contributed by atoms with Gasteiger partial charge in [-0.25, -0.2) is 0 Å². The number of hydrogen-bond acceptors (Lipinski definition) is 5. The number of carbonyl (C=O) groups is 2. The maximum Gasteiger partial charge on any atom is 0.318 e. The van der Waals surface area contributed by atoms with Crippen molar-refractivity contribution in [2.75, 3.05) is 13.2 Å². The lowest BCUT2D eigenvalue weighted by molar-refractivity contribution is -0.142. The first-order chi connectivity index (χ1) is 29.0. The van der Waals surface area contributed by atoms with Crippen LogP contribution in [-0.2, 0) is 19.1 Å². The Morgan fingerprint density at radius 1 is 0.288 bits per heavy atom. The van der Waals surface area contributed by atoms with Crippen LogP contribution in [0.3, 0.4) is 0 Å². The highest BCUT2D eigenvalue weighted by molar-refractivity contribution is 8.01. The molecule has 0 fully saturated rings. The molecule has 0 heterocycles. The molecule has 4 nitrogen and oxygen atoms in total. The smallest absolute Gasteiger partial charge is 0.318 e. The zero-order valence-electron chi connectivity index (χ0n) is 40.7. The number of esters is 2. The van der Waals surface area contributed by atoms with Crippen molar-refractivity contribution in [2.45, 2.75) is 321 Å². The maximum atomic E-state index is 12.5. The standard InChI is InChI=1S/C54H106O4S/c1-5-7-9-11-13-15-17-19-21-23-25-27-29-31-33-35-37-39-41-43-45-47-49-57-53(55)51(3)59-52(4)54(56)58-50-48-46-44-42-40-38-36-34-32-30-28-26-24-22-20-18-16-14-12-10-8-6-2/h51-52H,5-50H2,1-4H3. The van der Waals surface area contributed by atoms with Crippen LogP contribution in [-0.4, -0.2) is 35.7 Å². The Morgan fingerprint density at radius 2 is 0.441 bits per heavy atom. The van der Waals surface area contributed by atoms with E-state index in [2.05, 4.69) is 13.8 Å². The fourth-order valence-electron chi connectivity index (χ4n) is 8.42. The first-order valence-electron chi connectivity index (χ1n) is 27.0. The maximum absolute atomic E-state index is 12.5. The Hall–Kier alpha value is -0.710. The molecule has 0 spiro atoms. The summed E-state index contributed by atoms with van der Waals surface area (Å²) < 4.78 is 11.1. The van der Waals surface area contributed by atoms with E-state index in [0.717, 1.165) is 25.7 Å². The Bertz CT molecular complexity index is 767. The highest BCUT2D eigenvalue weighted by Crippen LogP contribution is 2.21. The molecule has 0 bridgehead atoms. The van der Waals surface area contributed by atoms with Gasteiger partial charge in [0.2, 0.25) is 0 Å². The highest BCUT2D eigenvalue weighted by atomic mass is 32.2. The van der Waals surface area contributed by atoms with Crippen LogP contribution in [0.4, 0.5) is 0 Å². The Balaban J connectivity index is 3.42. The molecule has 352 valence electrons. The van der Waals surface area contributed by atoms with Crippen LogP contribution in [0.1, 0.15) is 310 Å². The molecule has 0 amide bonds. The summed E-state index contributed by atoms with van der Waals surface area (Å²) >= 11 is 1.35. The minimum absolute atomic E-state index is 0.210. The molecule has 0 aromatic carbocycles. The van der Waals surface area contributed by atoms with Gasteiger partial charge in [0.15, 0.2) is 0 Å². The lowest BCUT2D eigenvalue weighted by Gasteiger charge is -2.16. The van der Waals surface area contributed by atoms with Crippen molar-refractivity contribution in [1.82, 2.24) is 0 Å². The molecule has 0 N–H and O–H groups in total. The second-order valence-electron chi connectivity index (χ2n) is 18.6. The van der Waals surface area contributed by atoms with E-state index in [0.29, 0.717) is 13.2 Å². The van der Waals surface area contributed by atoms with Crippen LogP contribution in [0.2, 0.25) is 0 Å². The van der Waals surface area contributed by atoms with Gasteiger partial charge in [-0.2, -0.15) is 0 Å². The fraction of sp³-hybridized carbons (Fsp3) is 0.963. The summed E-state index contributed by atoms with van der Waals surface area (Å²) in [5, 5.41) is -0.710. The number of rotatable bonds is 50. The molecule has 59 heavy (non-hydrogen) atoms. The first kappa shape index (κ1) is 58.3. The van der Waals surface area contributed by atoms with Gasteiger partial charge in [0, 0.05) is 0 Å².